The molecule has 0 bridgehead atoms. The smallest absolute Gasteiger partial charge is 0.323 e. The molecule has 0 spiro atoms. The second-order valence-electron chi connectivity index (χ2n) is 5.44. The van der Waals surface area contributed by atoms with Crippen molar-refractivity contribution in [1.82, 2.24) is 29.5 Å². The second-order valence-corrected chi connectivity index (χ2v) is 5.44. The third kappa shape index (κ3) is 1.86. The van der Waals surface area contributed by atoms with E-state index >= 15 is 0 Å². The summed E-state index contributed by atoms with van der Waals surface area (Å²) in [7, 11) is 0. The minimum atomic E-state index is -0.231. The van der Waals surface area contributed by atoms with E-state index in [4.69, 9.17) is 0 Å². The highest BCUT2D eigenvalue weighted by molar-refractivity contribution is 5.85. The van der Waals surface area contributed by atoms with Crippen LogP contribution in [0.15, 0.2) is 53.6 Å². The lowest BCUT2D eigenvalue weighted by Gasteiger charge is -2.09. The minimum Gasteiger partial charge on any atom is -0.337 e. The molecule has 0 fully saturated rings. The van der Waals surface area contributed by atoms with Crippen molar-refractivity contribution < 1.29 is 0 Å². The fourth-order valence-corrected chi connectivity index (χ4v) is 2.84. The van der Waals surface area contributed by atoms with Crippen molar-refractivity contribution in [1.29, 1.82) is 0 Å². The lowest BCUT2D eigenvalue weighted by molar-refractivity contribution is 1.11. The molecule has 2 aromatic carbocycles. The number of aromatic nitrogens is 6. The third-order valence-electron chi connectivity index (χ3n) is 3.91. The van der Waals surface area contributed by atoms with Crippen LogP contribution in [0.1, 0.15) is 0 Å². The molecular formula is C16H11N7O. The summed E-state index contributed by atoms with van der Waals surface area (Å²) in [6, 6.07) is 13.3. The Balaban J connectivity index is 1.69. The van der Waals surface area contributed by atoms with Crippen molar-refractivity contribution in [3.05, 3.63) is 59.3 Å². The number of hydrogen-bond acceptors (Lipinski definition) is 5. The SMILES string of the molecule is O=c1[nH]c2ccc(Nc3nc4ccccc4n4cnnc34)cc2[nH]1. The molecule has 5 aromatic rings. The van der Waals surface area contributed by atoms with E-state index in [-0.39, 0.29) is 5.69 Å². The molecule has 8 nitrogen and oxygen atoms in total. The van der Waals surface area contributed by atoms with Crippen LogP contribution in [0, 0.1) is 0 Å². The summed E-state index contributed by atoms with van der Waals surface area (Å²) in [5, 5.41) is 11.4. The lowest BCUT2D eigenvalue weighted by Crippen LogP contribution is -2.00. The van der Waals surface area contributed by atoms with Gasteiger partial charge in [-0.1, -0.05) is 12.1 Å². The fourth-order valence-electron chi connectivity index (χ4n) is 2.84. The number of nitrogens with one attached hydrogen (secondary N) is 3. The van der Waals surface area contributed by atoms with E-state index in [0.717, 1.165) is 27.8 Å². The quantitative estimate of drug-likeness (QED) is 0.463. The van der Waals surface area contributed by atoms with E-state index in [1.165, 1.54) is 0 Å². The van der Waals surface area contributed by atoms with Gasteiger partial charge in [0, 0.05) is 5.69 Å². The standard InChI is InChI=1S/C16H11N7O/c24-16-20-10-6-5-9(7-12(10)21-16)18-14-15-22-17-8-23(15)13-4-2-1-3-11(13)19-14/h1-8H,(H,18,19)(H2,20,21,24). The Morgan fingerprint density at radius 2 is 1.92 bits per heavy atom. The molecule has 0 unspecified atom stereocenters. The number of benzene rings is 2. The number of H-pyrrole nitrogens is 2. The van der Waals surface area contributed by atoms with Gasteiger partial charge in [0.15, 0.2) is 5.82 Å². The van der Waals surface area contributed by atoms with Gasteiger partial charge in [0.1, 0.15) is 6.33 Å². The average molecular weight is 317 g/mol. The molecule has 3 N–H and O–H groups in total. The lowest BCUT2D eigenvalue weighted by atomic mass is 10.2. The van der Waals surface area contributed by atoms with E-state index in [9.17, 15) is 4.79 Å². The van der Waals surface area contributed by atoms with Crippen molar-refractivity contribution in [2.24, 2.45) is 0 Å². The van der Waals surface area contributed by atoms with Crippen LogP contribution in [0.5, 0.6) is 0 Å². The fraction of sp³-hybridized carbons (Fsp3) is 0. The minimum absolute atomic E-state index is 0.231. The summed E-state index contributed by atoms with van der Waals surface area (Å²) < 4.78 is 1.89. The van der Waals surface area contributed by atoms with Gasteiger partial charge in [-0.15, -0.1) is 10.2 Å². The zero-order valence-corrected chi connectivity index (χ0v) is 12.3. The molecule has 24 heavy (non-hydrogen) atoms. The summed E-state index contributed by atoms with van der Waals surface area (Å²) in [5.74, 6) is 0.600. The Kier molecular flexibility index (Phi) is 2.49. The molecular weight excluding hydrogens is 306 g/mol. The Hall–Kier alpha value is -3.68. The second kappa shape index (κ2) is 4.66. The predicted molar refractivity (Wildman–Crippen MR) is 90.5 cm³/mol. The monoisotopic (exact) mass is 317 g/mol. The number of fused-ring (bicyclic) bond motifs is 4. The van der Waals surface area contributed by atoms with Gasteiger partial charge in [-0.25, -0.2) is 9.78 Å². The largest absolute Gasteiger partial charge is 0.337 e. The Morgan fingerprint density at radius 3 is 2.88 bits per heavy atom. The summed E-state index contributed by atoms with van der Waals surface area (Å²) in [6.45, 7) is 0. The first-order valence-corrected chi connectivity index (χ1v) is 7.35. The van der Waals surface area contributed by atoms with Gasteiger partial charge < -0.3 is 15.3 Å². The number of rotatable bonds is 2. The summed E-state index contributed by atoms with van der Waals surface area (Å²) in [6.07, 6.45) is 1.66. The van der Waals surface area contributed by atoms with Crippen molar-refractivity contribution >= 4 is 39.2 Å². The third-order valence-corrected chi connectivity index (χ3v) is 3.91. The molecule has 0 aliphatic rings. The maximum absolute atomic E-state index is 11.4. The van der Waals surface area contributed by atoms with E-state index in [0.29, 0.717) is 11.5 Å². The normalized spacial score (nSPS) is 11.5. The van der Waals surface area contributed by atoms with Crippen LogP contribution < -0.4 is 11.0 Å². The van der Waals surface area contributed by atoms with Gasteiger partial charge in [-0.05, 0) is 30.3 Å². The topological polar surface area (TPSA) is 104 Å². The first-order chi connectivity index (χ1) is 11.8. The predicted octanol–water partition coefficient (Wildman–Crippen LogP) is 2.19. The molecule has 0 aliphatic heterocycles. The zero-order chi connectivity index (χ0) is 16.1. The maximum Gasteiger partial charge on any atom is 0.323 e. The van der Waals surface area contributed by atoms with E-state index in [2.05, 4.69) is 30.5 Å². The summed E-state index contributed by atoms with van der Waals surface area (Å²) in [4.78, 5) is 21.5. The molecule has 0 amide bonds. The first kappa shape index (κ1) is 12.8. The average Bonchev–Trinajstić information content (AvgIpc) is 3.20. The van der Waals surface area contributed by atoms with Crippen molar-refractivity contribution in [2.75, 3.05) is 5.32 Å². The molecule has 8 heteroatoms. The number of nitrogens with zero attached hydrogens (tertiary/aromatic N) is 4. The van der Waals surface area contributed by atoms with E-state index in [1.807, 2.05) is 46.9 Å². The molecule has 5 rings (SSSR count). The van der Waals surface area contributed by atoms with Crippen LogP contribution >= 0.6 is 0 Å². The van der Waals surface area contributed by atoms with Gasteiger partial charge in [-0.2, -0.15) is 0 Å². The number of para-hydroxylation sites is 2. The number of imidazole rings is 1. The molecule has 0 aliphatic carbocycles. The van der Waals surface area contributed by atoms with Gasteiger partial charge in [0.05, 0.1) is 22.1 Å². The number of aromatic amines is 2. The van der Waals surface area contributed by atoms with Crippen LogP contribution in [0.25, 0.3) is 27.7 Å². The Bertz CT molecular complexity index is 1260. The number of anilines is 2. The number of hydrogen-bond donors (Lipinski definition) is 3. The van der Waals surface area contributed by atoms with Crippen molar-refractivity contribution in [2.45, 2.75) is 0 Å². The van der Waals surface area contributed by atoms with Gasteiger partial charge >= 0.3 is 5.69 Å². The van der Waals surface area contributed by atoms with Gasteiger partial charge in [0.2, 0.25) is 5.65 Å². The van der Waals surface area contributed by atoms with Crippen LogP contribution in [0.2, 0.25) is 0 Å². The van der Waals surface area contributed by atoms with Crippen molar-refractivity contribution in [3.63, 3.8) is 0 Å². The maximum atomic E-state index is 11.4. The first-order valence-electron chi connectivity index (χ1n) is 7.35. The highest BCUT2D eigenvalue weighted by Crippen LogP contribution is 2.24. The molecule has 0 saturated heterocycles. The Labute approximate surface area is 134 Å². The Morgan fingerprint density at radius 1 is 1.04 bits per heavy atom. The van der Waals surface area contributed by atoms with Gasteiger partial charge in [-0.3, -0.25) is 4.40 Å². The summed E-state index contributed by atoms with van der Waals surface area (Å²) in [5.41, 5.74) is 4.46. The van der Waals surface area contributed by atoms with Gasteiger partial charge in [0.25, 0.3) is 0 Å². The molecule has 3 heterocycles. The van der Waals surface area contributed by atoms with Crippen LogP contribution in [0.4, 0.5) is 11.5 Å². The van der Waals surface area contributed by atoms with E-state index in [1.54, 1.807) is 6.33 Å². The van der Waals surface area contributed by atoms with E-state index < -0.39 is 0 Å². The van der Waals surface area contributed by atoms with Crippen LogP contribution in [-0.2, 0) is 0 Å². The molecule has 3 aromatic heterocycles. The highest BCUT2D eigenvalue weighted by Gasteiger charge is 2.10. The molecule has 0 atom stereocenters. The summed E-state index contributed by atoms with van der Waals surface area (Å²) >= 11 is 0. The van der Waals surface area contributed by atoms with Crippen LogP contribution in [-0.4, -0.2) is 29.5 Å². The molecule has 0 radical (unpaired) electrons. The molecule has 0 saturated carbocycles. The molecule has 116 valence electrons. The van der Waals surface area contributed by atoms with Crippen molar-refractivity contribution in [3.8, 4) is 0 Å². The van der Waals surface area contributed by atoms with Crippen LogP contribution in [0.3, 0.4) is 0 Å². The zero-order valence-electron chi connectivity index (χ0n) is 12.3. The highest BCUT2D eigenvalue weighted by atomic mass is 16.1.